The number of aliphatic hydroxyl groups is 1. The Labute approximate surface area is 218 Å². The summed E-state index contributed by atoms with van der Waals surface area (Å²) in [5.74, 6) is -0.663. The van der Waals surface area contributed by atoms with Crippen molar-refractivity contribution in [2.75, 3.05) is 19.1 Å². The molecule has 1 fully saturated rings. The first-order valence-corrected chi connectivity index (χ1v) is 12.5. The van der Waals surface area contributed by atoms with Gasteiger partial charge in [-0.05, 0) is 67.8 Å². The van der Waals surface area contributed by atoms with E-state index in [1.807, 2.05) is 39.0 Å². The van der Waals surface area contributed by atoms with Crippen LogP contribution >= 0.6 is 11.3 Å². The first-order valence-electron chi connectivity index (χ1n) is 11.7. The number of methoxy groups -OCH3 is 2. The van der Waals surface area contributed by atoms with Gasteiger partial charge < -0.3 is 14.6 Å². The highest BCUT2D eigenvalue weighted by molar-refractivity contribution is 7.22. The second kappa shape index (κ2) is 9.37. The molecule has 1 aliphatic rings. The quantitative estimate of drug-likeness (QED) is 0.204. The maximum Gasteiger partial charge on any atom is 0.301 e. The van der Waals surface area contributed by atoms with E-state index in [2.05, 4.69) is 0 Å². The number of Topliss-reactive ketones (excluding diaryl/α,β-unsaturated/α-hetero) is 1. The summed E-state index contributed by atoms with van der Waals surface area (Å²) in [7, 11) is 3.10. The standard InChI is InChI=1S/C29H26N2O5S/c1-15-12-17(3)24-22(13-15)37-29(30-24)31-25(19-8-6-7-9-21(19)36-5)23(27(33)28(31)34)26(32)18-10-11-20(35-4)16(2)14-18/h6-14,25,32H,1-5H3/b26-23+/t25-/m1/s1. The maximum atomic E-state index is 13.6. The predicted octanol–water partition coefficient (Wildman–Crippen LogP) is 5.87. The zero-order valence-corrected chi connectivity index (χ0v) is 22.0. The number of para-hydroxylation sites is 1. The molecular weight excluding hydrogens is 488 g/mol. The van der Waals surface area contributed by atoms with Crippen LogP contribution in [0, 0.1) is 20.8 Å². The maximum absolute atomic E-state index is 13.6. The number of rotatable bonds is 5. The van der Waals surface area contributed by atoms with Crippen LogP contribution in [0.1, 0.15) is 33.9 Å². The first-order chi connectivity index (χ1) is 17.7. The molecule has 37 heavy (non-hydrogen) atoms. The highest BCUT2D eigenvalue weighted by Crippen LogP contribution is 2.47. The molecule has 0 bridgehead atoms. The number of fused-ring (bicyclic) bond motifs is 1. The molecule has 1 amide bonds. The van der Waals surface area contributed by atoms with E-state index < -0.39 is 17.7 Å². The van der Waals surface area contributed by atoms with E-state index >= 15 is 0 Å². The molecule has 1 N–H and O–H groups in total. The van der Waals surface area contributed by atoms with E-state index in [4.69, 9.17) is 14.5 Å². The molecule has 1 atom stereocenters. The summed E-state index contributed by atoms with van der Waals surface area (Å²) < 4.78 is 11.9. The van der Waals surface area contributed by atoms with E-state index in [1.165, 1.54) is 23.3 Å². The average Bonchev–Trinajstić information content (AvgIpc) is 3.42. The van der Waals surface area contributed by atoms with Gasteiger partial charge in [0.05, 0.1) is 30.0 Å². The summed E-state index contributed by atoms with van der Waals surface area (Å²) >= 11 is 1.34. The molecule has 4 aromatic rings. The third-order valence-electron chi connectivity index (χ3n) is 6.57. The van der Waals surface area contributed by atoms with Crippen molar-refractivity contribution in [3.8, 4) is 11.5 Å². The summed E-state index contributed by atoms with van der Waals surface area (Å²) in [6.07, 6.45) is 0. The number of aryl methyl sites for hydroxylation is 3. The van der Waals surface area contributed by atoms with Gasteiger partial charge in [-0.3, -0.25) is 14.5 Å². The SMILES string of the molecule is COc1ccc(/C(O)=C2\C(=O)C(=O)N(c3nc4c(C)cc(C)cc4s3)[C@@H]2c2ccccc2OC)cc1C. The number of amides is 1. The van der Waals surface area contributed by atoms with Gasteiger partial charge >= 0.3 is 5.91 Å². The average molecular weight is 515 g/mol. The second-order valence-electron chi connectivity index (χ2n) is 9.02. The summed E-state index contributed by atoms with van der Waals surface area (Å²) in [6.45, 7) is 5.82. The molecule has 0 aliphatic carbocycles. The number of benzene rings is 3. The highest BCUT2D eigenvalue weighted by atomic mass is 32.1. The lowest BCUT2D eigenvalue weighted by Crippen LogP contribution is -2.29. The van der Waals surface area contributed by atoms with Gasteiger partial charge in [-0.25, -0.2) is 4.98 Å². The van der Waals surface area contributed by atoms with Crippen LogP contribution in [0.4, 0.5) is 5.13 Å². The first kappa shape index (κ1) is 24.5. The van der Waals surface area contributed by atoms with Gasteiger partial charge in [0.25, 0.3) is 5.78 Å². The minimum atomic E-state index is -0.930. The molecule has 0 radical (unpaired) electrons. The second-order valence-corrected chi connectivity index (χ2v) is 10.0. The molecule has 8 heteroatoms. The number of ketones is 1. The molecule has 0 spiro atoms. The van der Waals surface area contributed by atoms with Crippen LogP contribution in [0.5, 0.6) is 11.5 Å². The Morgan fingerprint density at radius 3 is 2.38 bits per heavy atom. The smallest absolute Gasteiger partial charge is 0.301 e. The minimum Gasteiger partial charge on any atom is -0.507 e. The molecule has 1 saturated heterocycles. The van der Waals surface area contributed by atoms with Crippen molar-refractivity contribution in [2.24, 2.45) is 0 Å². The number of ether oxygens (including phenoxy) is 2. The van der Waals surface area contributed by atoms with E-state index in [0.29, 0.717) is 27.8 Å². The number of nitrogens with zero attached hydrogens (tertiary/aromatic N) is 2. The number of aliphatic hydroxyl groups excluding tert-OH is 1. The van der Waals surface area contributed by atoms with Crippen molar-refractivity contribution in [2.45, 2.75) is 26.8 Å². The lowest BCUT2D eigenvalue weighted by molar-refractivity contribution is -0.132. The topological polar surface area (TPSA) is 89.0 Å². The van der Waals surface area contributed by atoms with Crippen LogP contribution in [0.3, 0.4) is 0 Å². The fourth-order valence-corrected chi connectivity index (χ4v) is 6.03. The number of thiazole rings is 1. The van der Waals surface area contributed by atoms with Gasteiger partial charge in [-0.15, -0.1) is 0 Å². The Morgan fingerprint density at radius 2 is 1.68 bits per heavy atom. The van der Waals surface area contributed by atoms with Crippen LogP contribution < -0.4 is 14.4 Å². The Kier molecular flexibility index (Phi) is 6.21. The molecule has 2 heterocycles. The van der Waals surface area contributed by atoms with Crippen LogP contribution in [0.2, 0.25) is 0 Å². The van der Waals surface area contributed by atoms with Crippen molar-refractivity contribution in [3.05, 3.63) is 88.0 Å². The highest BCUT2D eigenvalue weighted by Gasteiger charge is 2.49. The number of carbonyl (C=O) groups excluding carboxylic acids is 2. The van der Waals surface area contributed by atoms with E-state index in [9.17, 15) is 14.7 Å². The lowest BCUT2D eigenvalue weighted by Gasteiger charge is -2.24. The van der Waals surface area contributed by atoms with Crippen LogP contribution in [0.25, 0.3) is 16.0 Å². The molecule has 1 aliphatic heterocycles. The number of hydrogen-bond acceptors (Lipinski definition) is 7. The summed E-state index contributed by atoms with van der Waals surface area (Å²) in [4.78, 5) is 33.2. The normalized spacial score (nSPS) is 17.0. The number of carbonyl (C=O) groups is 2. The Balaban J connectivity index is 1.77. The van der Waals surface area contributed by atoms with Crippen molar-refractivity contribution in [3.63, 3.8) is 0 Å². The Bertz CT molecular complexity index is 1600. The molecule has 3 aromatic carbocycles. The van der Waals surface area contributed by atoms with Crippen molar-refractivity contribution in [1.82, 2.24) is 4.98 Å². The monoisotopic (exact) mass is 514 g/mol. The number of aromatic nitrogens is 1. The van der Waals surface area contributed by atoms with Crippen molar-refractivity contribution in [1.29, 1.82) is 0 Å². The van der Waals surface area contributed by atoms with Gasteiger partial charge in [0, 0.05) is 11.1 Å². The van der Waals surface area contributed by atoms with Crippen LogP contribution in [-0.2, 0) is 9.59 Å². The fourth-order valence-electron chi connectivity index (χ4n) is 4.86. The summed E-state index contributed by atoms with van der Waals surface area (Å²) in [5.41, 5.74) is 4.58. The third kappa shape index (κ3) is 4.03. The zero-order chi connectivity index (χ0) is 26.4. The molecule has 1 aromatic heterocycles. The molecule has 5 rings (SSSR count). The number of hydrogen-bond donors (Lipinski definition) is 1. The van der Waals surface area contributed by atoms with Crippen LogP contribution in [-0.4, -0.2) is 36.0 Å². The van der Waals surface area contributed by atoms with Gasteiger partial charge in [0.15, 0.2) is 5.13 Å². The Hall–Kier alpha value is -4.17. The van der Waals surface area contributed by atoms with Gasteiger partial charge in [0.1, 0.15) is 23.3 Å². The van der Waals surface area contributed by atoms with Gasteiger partial charge in [-0.2, -0.15) is 0 Å². The molecule has 7 nitrogen and oxygen atoms in total. The molecule has 0 saturated carbocycles. The van der Waals surface area contributed by atoms with E-state index in [0.717, 1.165) is 26.9 Å². The van der Waals surface area contributed by atoms with Gasteiger partial charge in [0.2, 0.25) is 0 Å². The van der Waals surface area contributed by atoms with E-state index in [-0.39, 0.29) is 11.3 Å². The number of anilines is 1. The summed E-state index contributed by atoms with van der Waals surface area (Å²) in [5, 5.41) is 11.8. The minimum absolute atomic E-state index is 0.0220. The van der Waals surface area contributed by atoms with Crippen LogP contribution in [0.15, 0.2) is 60.2 Å². The molecule has 0 unspecified atom stereocenters. The summed E-state index contributed by atoms with van der Waals surface area (Å²) in [6, 6.07) is 15.4. The molecule has 188 valence electrons. The lowest BCUT2D eigenvalue weighted by atomic mass is 9.94. The third-order valence-corrected chi connectivity index (χ3v) is 7.57. The zero-order valence-electron chi connectivity index (χ0n) is 21.2. The van der Waals surface area contributed by atoms with Gasteiger partial charge in [-0.1, -0.05) is 35.6 Å². The predicted molar refractivity (Wildman–Crippen MR) is 145 cm³/mol. The Morgan fingerprint density at radius 1 is 0.946 bits per heavy atom. The largest absolute Gasteiger partial charge is 0.507 e. The fraction of sp³-hybridized carbons (Fsp3) is 0.207. The molecular formula is C29H26N2O5S. The van der Waals surface area contributed by atoms with Crippen molar-refractivity contribution < 1.29 is 24.2 Å². The van der Waals surface area contributed by atoms with Crippen molar-refractivity contribution >= 4 is 44.1 Å². The van der Waals surface area contributed by atoms with E-state index in [1.54, 1.807) is 43.5 Å².